The number of rotatable bonds is 4. The number of aromatic carboxylic acids is 1. The molecule has 2 aromatic heterocycles. The first-order chi connectivity index (χ1) is 8.65. The molecule has 0 aliphatic carbocycles. The number of aromatic nitrogens is 3. The second kappa shape index (κ2) is 5.18. The standard InChI is InChI=1S/C12H12ClN3O2/c1-2-3-9-14-6-7-16(9)11-10(13)8(12(17)18)4-5-15-11/h4-7H,2-3H2,1H3,(H,17,18). The SMILES string of the molecule is CCCc1nccn1-c1nccc(C(=O)O)c1Cl. The number of hydrogen-bond acceptors (Lipinski definition) is 3. The van der Waals surface area contributed by atoms with Crippen LogP contribution >= 0.6 is 11.6 Å². The number of carboxylic acid groups (broad SMARTS) is 1. The van der Waals surface area contributed by atoms with E-state index in [2.05, 4.69) is 9.97 Å². The predicted octanol–water partition coefficient (Wildman–Crippen LogP) is 2.57. The van der Waals surface area contributed by atoms with Crippen molar-refractivity contribution in [2.45, 2.75) is 19.8 Å². The van der Waals surface area contributed by atoms with E-state index in [0.717, 1.165) is 18.7 Å². The van der Waals surface area contributed by atoms with Gasteiger partial charge in [0.25, 0.3) is 0 Å². The lowest BCUT2D eigenvalue weighted by molar-refractivity contribution is 0.0697. The van der Waals surface area contributed by atoms with Crippen LogP contribution in [-0.2, 0) is 6.42 Å². The minimum absolute atomic E-state index is 0.0396. The van der Waals surface area contributed by atoms with Crippen molar-refractivity contribution in [1.29, 1.82) is 0 Å². The molecule has 5 nitrogen and oxygen atoms in total. The molecule has 1 N–H and O–H groups in total. The number of aryl methyl sites for hydroxylation is 1. The Balaban J connectivity index is 2.54. The molecule has 6 heteroatoms. The van der Waals surface area contributed by atoms with Crippen LogP contribution < -0.4 is 0 Å². The van der Waals surface area contributed by atoms with Gasteiger partial charge < -0.3 is 5.11 Å². The topological polar surface area (TPSA) is 68.0 Å². The van der Waals surface area contributed by atoms with E-state index in [0.29, 0.717) is 5.82 Å². The molecule has 0 atom stereocenters. The van der Waals surface area contributed by atoms with E-state index in [1.165, 1.54) is 12.3 Å². The molecule has 0 fully saturated rings. The van der Waals surface area contributed by atoms with Crippen LogP contribution in [0.25, 0.3) is 5.82 Å². The summed E-state index contributed by atoms with van der Waals surface area (Å²) in [5.41, 5.74) is 0.0396. The number of halogens is 1. The van der Waals surface area contributed by atoms with Gasteiger partial charge in [-0.1, -0.05) is 18.5 Å². The molecule has 2 aromatic rings. The van der Waals surface area contributed by atoms with E-state index >= 15 is 0 Å². The van der Waals surface area contributed by atoms with Crippen molar-refractivity contribution in [1.82, 2.24) is 14.5 Å². The molecule has 2 rings (SSSR count). The van der Waals surface area contributed by atoms with Gasteiger partial charge in [-0.25, -0.2) is 14.8 Å². The molecular weight excluding hydrogens is 254 g/mol. The maximum absolute atomic E-state index is 11.0. The third-order valence-corrected chi connectivity index (χ3v) is 2.89. The van der Waals surface area contributed by atoms with Gasteiger partial charge in [0.05, 0.1) is 10.6 Å². The van der Waals surface area contributed by atoms with Crippen molar-refractivity contribution in [3.8, 4) is 5.82 Å². The van der Waals surface area contributed by atoms with Gasteiger partial charge in [-0.05, 0) is 12.5 Å². The molecular formula is C12H12ClN3O2. The number of carboxylic acids is 1. The van der Waals surface area contributed by atoms with Gasteiger partial charge >= 0.3 is 5.97 Å². The molecule has 0 aromatic carbocycles. The average Bonchev–Trinajstić information content (AvgIpc) is 2.77. The quantitative estimate of drug-likeness (QED) is 0.922. The van der Waals surface area contributed by atoms with Crippen LogP contribution in [0.5, 0.6) is 0 Å². The van der Waals surface area contributed by atoms with Gasteiger partial charge in [0.15, 0.2) is 5.82 Å². The van der Waals surface area contributed by atoms with Crippen LogP contribution in [0.15, 0.2) is 24.7 Å². The Kier molecular flexibility index (Phi) is 3.62. The van der Waals surface area contributed by atoms with Crippen LogP contribution in [0.3, 0.4) is 0 Å². The van der Waals surface area contributed by atoms with Gasteiger partial charge in [0.1, 0.15) is 5.82 Å². The van der Waals surface area contributed by atoms with Crippen molar-refractivity contribution < 1.29 is 9.90 Å². The minimum Gasteiger partial charge on any atom is -0.478 e. The number of carbonyl (C=O) groups is 1. The summed E-state index contributed by atoms with van der Waals surface area (Å²) in [7, 11) is 0. The molecule has 0 radical (unpaired) electrons. The summed E-state index contributed by atoms with van der Waals surface area (Å²) in [6, 6.07) is 1.38. The smallest absolute Gasteiger partial charge is 0.337 e. The molecule has 0 unspecified atom stereocenters. The lowest BCUT2D eigenvalue weighted by atomic mass is 10.2. The fraction of sp³-hybridized carbons (Fsp3) is 0.250. The molecule has 18 heavy (non-hydrogen) atoms. The maximum Gasteiger partial charge on any atom is 0.337 e. The van der Waals surface area contributed by atoms with E-state index in [-0.39, 0.29) is 10.6 Å². The van der Waals surface area contributed by atoms with Crippen molar-refractivity contribution in [3.63, 3.8) is 0 Å². The summed E-state index contributed by atoms with van der Waals surface area (Å²) in [6.45, 7) is 2.04. The number of nitrogens with zero attached hydrogens (tertiary/aromatic N) is 3. The highest BCUT2D eigenvalue weighted by molar-refractivity contribution is 6.35. The van der Waals surface area contributed by atoms with E-state index in [1.807, 2.05) is 6.92 Å². The summed E-state index contributed by atoms with van der Waals surface area (Å²) < 4.78 is 1.72. The largest absolute Gasteiger partial charge is 0.478 e. The molecule has 0 amide bonds. The maximum atomic E-state index is 11.0. The van der Waals surface area contributed by atoms with Gasteiger partial charge in [0, 0.05) is 25.0 Å². The summed E-state index contributed by atoms with van der Waals surface area (Å²) >= 11 is 6.08. The highest BCUT2D eigenvalue weighted by Crippen LogP contribution is 2.23. The molecule has 0 aliphatic rings. The lowest BCUT2D eigenvalue weighted by Crippen LogP contribution is -2.07. The Morgan fingerprint density at radius 1 is 1.44 bits per heavy atom. The van der Waals surface area contributed by atoms with Crippen LogP contribution in [0.2, 0.25) is 5.02 Å². The zero-order valence-corrected chi connectivity index (χ0v) is 10.6. The zero-order chi connectivity index (χ0) is 13.1. The highest BCUT2D eigenvalue weighted by atomic mass is 35.5. The Bertz CT molecular complexity index is 580. The van der Waals surface area contributed by atoms with E-state index in [9.17, 15) is 4.79 Å². The third-order valence-electron chi connectivity index (χ3n) is 2.52. The first-order valence-electron chi connectivity index (χ1n) is 5.55. The average molecular weight is 266 g/mol. The highest BCUT2D eigenvalue weighted by Gasteiger charge is 2.16. The summed E-state index contributed by atoms with van der Waals surface area (Å²) in [5, 5.41) is 9.15. The Labute approximate surface area is 109 Å². The Morgan fingerprint density at radius 3 is 2.89 bits per heavy atom. The van der Waals surface area contributed by atoms with E-state index < -0.39 is 5.97 Å². The molecule has 0 spiro atoms. The van der Waals surface area contributed by atoms with Crippen molar-refractivity contribution in [3.05, 3.63) is 41.1 Å². The molecule has 0 aliphatic heterocycles. The summed E-state index contributed by atoms with van der Waals surface area (Å²) in [6.07, 6.45) is 6.53. The second-order valence-electron chi connectivity index (χ2n) is 3.76. The molecule has 0 saturated carbocycles. The van der Waals surface area contributed by atoms with Gasteiger partial charge in [-0.2, -0.15) is 0 Å². The first-order valence-corrected chi connectivity index (χ1v) is 5.93. The third kappa shape index (κ3) is 2.22. The second-order valence-corrected chi connectivity index (χ2v) is 4.14. The molecule has 0 saturated heterocycles. The summed E-state index contributed by atoms with van der Waals surface area (Å²) in [5.74, 6) is 0.146. The van der Waals surface area contributed by atoms with Gasteiger partial charge in [0.2, 0.25) is 0 Å². The normalized spacial score (nSPS) is 10.6. The Hall–Kier alpha value is -1.88. The first kappa shape index (κ1) is 12.6. The fourth-order valence-corrected chi connectivity index (χ4v) is 1.99. The summed E-state index contributed by atoms with van der Waals surface area (Å²) in [4.78, 5) is 19.4. The molecule has 0 bridgehead atoms. The fourth-order valence-electron chi connectivity index (χ4n) is 1.70. The zero-order valence-electron chi connectivity index (χ0n) is 9.80. The number of imidazole rings is 1. The van der Waals surface area contributed by atoms with Crippen molar-refractivity contribution in [2.24, 2.45) is 0 Å². The lowest BCUT2D eigenvalue weighted by Gasteiger charge is -2.09. The predicted molar refractivity (Wildman–Crippen MR) is 67.3 cm³/mol. The van der Waals surface area contributed by atoms with Gasteiger partial charge in [-0.3, -0.25) is 4.57 Å². The van der Waals surface area contributed by atoms with E-state index in [1.54, 1.807) is 17.0 Å². The number of pyridine rings is 1. The van der Waals surface area contributed by atoms with Gasteiger partial charge in [-0.15, -0.1) is 0 Å². The van der Waals surface area contributed by atoms with Crippen LogP contribution in [-0.4, -0.2) is 25.6 Å². The van der Waals surface area contributed by atoms with Crippen molar-refractivity contribution in [2.75, 3.05) is 0 Å². The Morgan fingerprint density at radius 2 is 2.22 bits per heavy atom. The van der Waals surface area contributed by atoms with Crippen LogP contribution in [0.4, 0.5) is 0 Å². The molecule has 94 valence electrons. The van der Waals surface area contributed by atoms with Crippen LogP contribution in [0, 0.1) is 0 Å². The molecule has 2 heterocycles. The van der Waals surface area contributed by atoms with Crippen molar-refractivity contribution >= 4 is 17.6 Å². The minimum atomic E-state index is -1.07. The van der Waals surface area contributed by atoms with Crippen LogP contribution in [0.1, 0.15) is 29.5 Å². The monoisotopic (exact) mass is 265 g/mol. The number of hydrogen-bond donors (Lipinski definition) is 1. The van der Waals surface area contributed by atoms with E-state index in [4.69, 9.17) is 16.7 Å².